The SMILES string of the molecule is C[C@@H](CO)CN(Cc1ccccc1)Cc1ccccc1. The Hall–Kier alpha value is -1.64. The normalized spacial score (nSPS) is 12.6. The Morgan fingerprint density at radius 3 is 1.70 bits per heavy atom. The van der Waals surface area contributed by atoms with Crippen LogP contribution in [-0.2, 0) is 13.1 Å². The van der Waals surface area contributed by atoms with E-state index in [1.807, 2.05) is 12.1 Å². The van der Waals surface area contributed by atoms with Gasteiger partial charge in [0.05, 0.1) is 0 Å². The van der Waals surface area contributed by atoms with E-state index in [0.29, 0.717) is 5.92 Å². The molecule has 0 aliphatic heterocycles. The number of benzene rings is 2. The van der Waals surface area contributed by atoms with Crippen LogP contribution in [0.4, 0.5) is 0 Å². The molecule has 0 saturated heterocycles. The van der Waals surface area contributed by atoms with Crippen molar-refractivity contribution in [1.82, 2.24) is 4.90 Å². The molecule has 1 atom stereocenters. The van der Waals surface area contributed by atoms with E-state index in [2.05, 4.69) is 60.4 Å². The van der Waals surface area contributed by atoms with Crippen LogP contribution in [0.1, 0.15) is 18.1 Å². The van der Waals surface area contributed by atoms with Gasteiger partial charge >= 0.3 is 0 Å². The lowest BCUT2D eigenvalue weighted by molar-refractivity contribution is 0.163. The molecule has 1 N–H and O–H groups in total. The van der Waals surface area contributed by atoms with Crippen LogP contribution in [0.2, 0.25) is 0 Å². The van der Waals surface area contributed by atoms with Gasteiger partial charge in [-0.15, -0.1) is 0 Å². The summed E-state index contributed by atoms with van der Waals surface area (Å²) in [5.41, 5.74) is 2.63. The average molecular weight is 269 g/mol. The molecule has 0 bridgehead atoms. The standard InChI is InChI=1S/C18H23NO/c1-16(15-20)12-19(13-17-8-4-2-5-9-17)14-18-10-6-3-7-11-18/h2-11,16,20H,12-15H2,1H3/t16-/m1/s1. The molecular weight excluding hydrogens is 246 g/mol. The molecule has 0 radical (unpaired) electrons. The highest BCUT2D eigenvalue weighted by Gasteiger charge is 2.11. The predicted octanol–water partition coefficient (Wildman–Crippen LogP) is 3.32. The van der Waals surface area contributed by atoms with Crippen molar-refractivity contribution in [3.63, 3.8) is 0 Å². The zero-order valence-corrected chi connectivity index (χ0v) is 12.1. The molecule has 106 valence electrons. The molecule has 2 nitrogen and oxygen atoms in total. The lowest BCUT2D eigenvalue weighted by Crippen LogP contribution is -2.29. The van der Waals surface area contributed by atoms with Gasteiger partial charge in [-0.3, -0.25) is 4.90 Å². The van der Waals surface area contributed by atoms with Crippen LogP contribution in [0.3, 0.4) is 0 Å². The molecule has 2 aromatic carbocycles. The van der Waals surface area contributed by atoms with Crippen molar-refractivity contribution in [2.24, 2.45) is 5.92 Å². The van der Waals surface area contributed by atoms with Gasteiger partial charge < -0.3 is 5.11 Å². The van der Waals surface area contributed by atoms with Crippen LogP contribution < -0.4 is 0 Å². The summed E-state index contributed by atoms with van der Waals surface area (Å²) in [6.45, 7) is 5.06. The molecule has 0 aliphatic carbocycles. The first-order chi connectivity index (χ1) is 9.78. The summed E-state index contributed by atoms with van der Waals surface area (Å²) >= 11 is 0. The number of aliphatic hydroxyl groups excluding tert-OH is 1. The Kier molecular flexibility index (Phi) is 5.78. The van der Waals surface area contributed by atoms with Crippen LogP contribution in [0.15, 0.2) is 60.7 Å². The maximum Gasteiger partial charge on any atom is 0.0468 e. The summed E-state index contributed by atoms with van der Waals surface area (Å²) in [5, 5.41) is 9.29. The molecule has 0 amide bonds. The minimum atomic E-state index is 0.236. The predicted molar refractivity (Wildman–Crippen MR) is 83.2 cm³/mol. The highest BCUT2D eigenvalue weighted by molar-refractivity contribution is 5.17. The second-order valence-corrected chi connectivity index (χ2v) is 5.43. The van der Waals surface area contributed by atoms with Gasteiger partial charge in [0, 0.05) is 26.2 Å². The maximum atomic E-state index is 9.29. The summed E-state index contributed by atoms with van der Waals surface area (Å²) in [7, 11) is 0. The topological polar surface area (TPSA) is 23.5 Å². The smallest absolute Gasteiger partial charge is 0.0468 e. The number of hydrogen-bond acceptors (Lipinski definition) is 2. The molecular formula is C18H23NO. The number of aliphatic hydroxyl groups is 1. The maximum absolute atomic E-state index is 9.29. The molecule has 2 heteroatoms. The van der Waals surface area contributed by atoms with E-state index >= 15 is 0 Å². The van der Waals surface area contributed by atoms with Gasteiger partial charge in [-0.2, -0.15) is 0 Å². The molecule has 0 aliphatic rings. The quantitative estimate of drug-likeness (QED) is 0.833. The molecule has 0 aromatic heterocycles. The molecule has 0 fully saturated rings. The van der Waals surface area contributed by atoms with E-state index in [0.717, 1.165) is 19.6 Å². The monoisotopic (exact) mass is 269 g/mol. The Morgan fingerprint density at radius 2 is 1.30 bits per heavy atom. The second kappa shape index (κ2) is 7.83. The Morgan fingerprint density at radius 1 is 0.850 bits per heavy atom. The first-order valence-corrected chi connectivity index (χ1v) is 7.19. The van der Waals surface area contributed by atoms with Gasteiger partial charge in [-0.25, -0.2) is 0 Å². The van der Waals surface area contributed by atoms with Gasteiger partial charge in [-0.05, 0) is 17.0 Å². The first-order valence-electron chi connectivity index (χ1n) is 7.19. The molecule has 2 aromatic rings. The van der Waals surface area contributed by atoms with Crippen molar-refractivity contribution in [2.75, 3.05) is 13.2 Å². The minimum absolute atomic E-state index is 0.236. The number of rotatable bonds is 7. The summed E-state index contributed by atoms with van der Waals surface area (Å²) in [5.74, 6) is 0.294. The van der Waals surface area contributed by atoms with Crippen molar-refractivity contribution in [1.29, 1.82) is 0 Å². The van der Waals surface area contributed by atoms with Crippen molar-refractivity contribution in [2.45, 2.75) is 20.0 Å². The van der Waals surface area contributed by atoms with E-state index in [-0.39, 0.29) is 6.61 Å². The van der Waals surface area contributed by atoms with Crippen molar-refractivity contribution in [3.8, 4) is 0 Å². The fourth-order valence-corrected chi connectivity index (χ4v) is 2.37. The van der Waals surface area contributed by atoms with Crippen LogP contribution in [0.5, 0.6) is 0 Å². The molecule has 0 heterocycles. The lowest BCUT2D eigenvalue weighted by atomic mass is 10.1. The van der Waals surface area contributed by atoms with E-state index in [1.165, 1.54) is 11.1 Å². The molecule has 0 spiro atoms. The summed E-state index contributed by atoms with van der Waals surface area (Å²) < 4.78 is 0. The van der Waals surface area contributed by atoms with Gasteiger partial charge in [0.2, 0.25) is 0 Å². The summed E-state index contributed by atoms with van der Waals surface area (Å²) in [4.78, 5) is 2.39. The lowest BCUT2D eigenvalue weighted by Gasteiger charge is -2.25. The van der Waals surface area contributed by atoms with Crippen LogP contribution in [0.25, 0.3) is 0 Å². The highest BCUT2D eigenvalue weighted by atomic mass is 16.3. The largest absolute Gasteiger partial charge is 0.396 e. The van der Waals surface area contributed by atoms with E-state index in [9.17, 15) is 5.11 Å². The van der Waals surface area contributed by atoms with E-state index in [1.54, 1.807) is 0 Å². The third-order valence-corrected chi connectivity index (χ3v) is 3.38. The summed E-state index contributed by atoms with van der Waals surface area (Å²) in [6.07, 6.45) is 0. The Labute approximate surface area is 121 Å². The summed E-state index contributed by atoms with van der Waals surface area (Å²) in [6, 6.07) is 21.0. The Bertz CT molecular complexity index is 442. The molecule has 20 heavy (non-hydrogen) atoms. The van der Waals surface area contributed by atoms with Crippen LogP contribution in [0, 0.1) is 5.92 Å². The second-order valence-electron chi connectivity index (χ2n) is 5.43. The van der Waals surface area contributed by atoms with Crippen molar-refractivity contribution in [3.05, 3.63) is 71.8 Å². The fourth-order valence-electron chi connectivity index (χ4n) is 2.37. The van der Waals surface area contributed by atoms with Crippen LogP contribution in [-0.4, -0.2) is 23.2 Å². The van der Waals surface area contributed by atoms with Gasteiger partial charge in [0.15, 0.2) is 0 Å². The third-order valence-electron chi connectivity index (χ3n) is 3.38. The van der Waals surface area contributed by atoms with Gasteiger partial charge in [0.1, 0.15) is 0 Å². The Balaban J connectivity index is 2.04. The highest BCUT2D eigenvalue weighted by Crippen LogP contribution is 2.12. The van der Waals surface area contributed by atoms with E-state index < -0.39 is 0 Å². The molecule has 0 saturated carbocycles. The fraction of sp³-hybridized carbons (Fsp3) is 0.333. The van der Waals surface area contributed by atoms with Crippen molar-refractivity contribution < 1.29 is 5.11 Å². The minimum Gasteiger partial charge on any atom is -0.396 e. The number of hydrogen-bond donors (Lipinski definition) is 1. The zero-order chi connectivity index (χ0) is 14.2. The van der Waals surface area contributed by atoms with E-state index in [4.69, 9.17) is 0 Å². The first kappa shape index (κ1) is 14.8. The molecule has 0 unspecified atom stereocenters. The molecule has 2 rings (SSSR count). The van der Waals surface area contributed by atoms with Gasteiger partial charge in [0.25, 0.3) is 0 Å². The van der Waals surface area contributed by atoms with Crippen LogP contribution >= 0.6 is 0 Å². The number of nitrogens with zero attached hydrogens (tertiary/aromatic N) is 1. The average Bonchev–Trinajstić information content (AvgIpc) is 2.49. The van der Waals surface area contributed by atoms with Gasteiger partial charge in [-0.1, -0.05) is 67.6 Å². The zero-order valence-electron chi connectivity index (χ0n) is 12.1. The third kappa shape index (κ3) is 4.80. The van der Waals surface area contributed by atoms with Crippen molar-refractivity contribution >= 4 is 0 Å².